The quantitative estimate of drug-likeness (QED) is 0.533. The standard InChI is InChI=1S/C12H25/c1-6-11(2)9-7-8-10-12(3,4)5/h11H,2,6-10H2,1,3-5H3. The smallest absolute Gasteiger partial charge is 0.0383 e. The third-order valence-electron chi connectivity index (χ3n) is 2.37. The van der Waals surface area contributed by atoms with Crippen molar-refractivity contribution >= 4 is 0 Å². The molecule has 0 heteroatoms. The van der Waals surface area contributed by atoms with Crippen LogP contribution in [0.25, 0.3) is 0 Å². The normalized spacial score (nSPS) is 14.8. The maximum absolute atomic E-state index is 4.09. The number of rotatable bonds is 5. The predicted octanol–water partition coefficient (Wildman–Crippen LogP) is 4.45. The SMILES string of the molecule is [CH2]C(CC)CCCCC(C)(C)C. The van der Waals surface area contributed by atoms with Gasteiger partial charge in [0, 0.05) is 0 Å². The van der Waals surface area contributed by atoms with Crippen molar-refractivity contribution in [2.45, 2.75) is 59.8 Å². The molecule has 0 nitrogen and oxygen atoms in total. The molecule has 0 spiro atoms. The van der Waals surface area contributed by atoms with Crippen LogP contribution in [0.2, 0.25) is 0 Å². The van der Waals surface area contributed by atoms with E-state index in [1.165, 1.54) is 32.1 Å². The molecule has 73 valence electrons. The van der Waals surface area contributed by atoms with Gasteiger partial charge in [-0.25, -0.2) is 0 Å². The molecule has 1 radical (unpaired) electrons. The first-order chi connectivity index (χ1) is 5.45. The first-order valence-electron chi connectivity index (χ1n) is 5.29. The lowest BCUT2D eigenvalue weighted by molar-refractivity contribution is 0.351. The highest BCUT2D eigenvalue weighted by Crippen LogP contribution is 2.23. The van der Waals surface area contributed by atoms with E-state index in [0.29, 0.717) is 11.3 Å². The molecule has 0 aliphatic carbocycles. The zero-order chi connectivity index (χ0) is 9.61. The zero-order valence-electron chi connectivity index (χ0n) is 9.32. The van der Waals surface area contributed by atoms with Crippen molar-refractivity contribution in [3.63, 3.8) is 0 Å². The summed E-state index contributed by atoms with van der Waals surface area (Å²) in [5.41, 5.74) is 0.517. The number of hydrogen-bond acceptors (Lipinski definition) is 0. The Balaban J connectivity index is 3.22. The van der Waals surface area contributed by atoms with Gasteiger partial charge in [-0.1, -0.05) is 60.3 Å². The van der Waals surface area contributed by atoms with Crippen LogP contribution in [0.1, 0.15) is 59.8 Å². The molecule has 0 aromatic rings. The fourth-order valence-electron chi connectivity index (χ4n) is 1.29. The van der Waals surface area contributed by atoms with E-state index in [1.54, 1.807) is 0 Å². The average Bonchev–Trinajstić information content (AvgIpc) is 1.96. The molecule has 1 unspecified atom stereocenters. The van der Waals surface area contributed by atoms with Crippen molar-refractivity contribution in [1.82, 2.24) is 0 Å². The molecule has 0 heterocycles. The summed E-state index contributed by atoms with van der Waals surface area (Å²) in [6.07, 6.45) is 6.63. The van der Waals surface area contributed by atoms with E-state index in [1.807, 2.05) is 0 Å². The van der Waals surface area contributed by atoms with Gasteiger partial charge in [0.25, 0.3) is 0 Å². The van der Waals surface area contributed by atoms with Gasteiger partial charge in [-0.2, -0.15) is 0 Å². The fraction of sp³-hybridized carbons (Fsp3) is 0.917. The molecule has 0 fully saturated rings. The van der Waals surface area contributed by atoms with Gasteiger partial charge in [-0.3, -0.25) is 0 Å². The molecular weight excluding hydrogens is 144 g/mol. The molecule has 0 aromatic carbocycles. The van der Waals surface area contributed by atoms with Crippen LogP contribution >= 0.6 is 0 Å². The van der Waals surface area contributed by atoms with Crippen molar-refractivity contribution in [1.29, 1.82) is 0 Å². The summed E-state index contributed by atoms with van der Waals surface area (Å²) in [5, 5.41) is 0. The van der Waals surface area contributed by atoms with Crippen LogP contribution in [0.3, 0.4) is 0 Å². The molecule has 0 amide bonds. The van der Waals surface area contributed by atoms with E-state index in [4.69, 9.17) is 0 Å². The largest absolute Gasteiger partial charge is 0.0651 e. The monoisotopic (exact) mass is 169 g/mol. The third-order valence-corrected chi connectivity index (χ3v) is 2.37. The minimum atomic E-state index is 0.517. The van der Waals surface area contributed by atoms with Crippen molar-refractivity contribution in [2.24, 2.45) is 11.3 Å². The average molecular weight is 169 g/mol. The molecule has 0 aliphatic heterocycles. The first kappa shape index (κ1) is 12.0. The summed E-state index contributed by atoms with van der Waals surface area (Å²) >= 11 is 0. The Bertz CT molecular complexity index is 97.1. The molecule has 0 aliphatic rings. The van der Waals surface area contributed by atoms with Gasteiger partial charge in [0.05, 0.1) is 0 Å². The molecule has 0 N–H and O–H groups in total. The van der Waals surface area contributed by atoms with Crippen molar-refractivity contribution in [3.8, 4) is 0 Å². The van der Waals surface area contributed by atoms with Gasteiger partial charge in [0.2, 0.25) is 0 Å². The van der Waals surface area contributed by atoms with Gasteiger partial charge in [-0.15, -0.1) is 0 Å². The lowest BCUT2D eigenvalue weighted by atomic mass is 9.88. The summed E-state index contributed by atoms with van der Waals surface area (Å²) < 4.78 is 0. The van der Waals surface area contributed by atoms with E-state index in [0.717, 1.165) is 0 Å². The topological polar surface area (TPSA) is 0 Å². The summed E-state index contributed by atoms with van der Waals surface area (Å²) in [4.78, 5) is 0. The highest BCUT2D eigenvalue weighted by molar-refractivity contribution is 4.63. The maximum atomic E-state index is 4.09. The maximum Gasteiger partial charge on any atom is -0.0383 e. The Labute approximate surface area is 78.8 Å². The summed E-state index contributed by atoms with van der Waals surface area (Å²) in [6, 6.07) is 0. The molecule has 1 atom stereocenters. The molecule has 0 rings (SSSR count). The number of unbranched alkanes of at least 4 members (excludes halogenated alkanes) is 1. The molecule has 0 aromatic heterocycles. The Morgan fingerprint density at radius 2 is 1.75 bits per heavy atom. The number of hydrogen-bond donors (Lipinski definition) is 0. The van der Waals surface area contributed by atoms with Crippen LogP contribution in [0, 0.1) is 18.3 Å². The minimum absolute atomic E-state index is 0.517. The molecular formula is C12H25. The van der Waals surface area contributed by atoms with E-state index >= 15 is 0 Å². The molecule has 0 saturated carbocycles. The summed E-state index contributed by atoms with van der Waals surface area (Å²) in [7, 11) is 0. The first-order valence-corrected chi connectivity index (χ1v) is 5.29. The van der Waals surface area contributed by atoms with Crippen LogP contribution in [0.5, 0.6) is 0 Å². The Hall–Kier alpha value is 0. The minimum Gasteiger partial charge on any atom is -0.0651 e. The molecule has 0 bridgehead atoms. The van der Waals surface area contributed by atoms with Crippen LogP contribution in [-0.2, 0) is 0 Å². The van der Waals surface area contributed by atoms with Gasteiger partial charge >= 0.3 is 0 Å². The Morgan fingerprint density at radius 1 is 1.17 bits per heavy atom. The van der Waals surface area contributed by atoms with Crippen molar-refractivity contribution in [2.75, 3.05) is 0 Å². The van der Waals surface area contributed by atoms with Gasteiger partial charge in [0.15, 0.2) is 0 Å². The summed E-state index contributed by atoms with van der Waals surface area (Å²) in [6.45, 7) is 13.3. The van der Waals surface area contributed by atoms with E-state index < -0.39 is 0 Å². The zero-order valence-corrected chi connectivity index (χ0v) is 9.32. The van der Waals surface area contributed by atoms with Crippen LogP contribution in [0.4, 0.5) is 0 Å². The Kier molecular flexibility index (Phi) is 5.61. The second-order valence-electron chi connectivity index (χ2n) is 5.08. The fourth-order valence-corrected chi connectivity index (χ4v) is 1.29. The lowest BCUT2D eigenvalue weighted by Crippen LogP contribution is -2.04. The van der Waals surface area contributed by atoms with E-state index in [2.05, 4.69) is 34.6 Å². The van der Waals surface area contributed by atoms with Gasteiger partial charge in [0.1, 0.15) is 0 Å². The summed E-state index contributed by atoms with van der Waals surface area (Å²) in [5.74, 6) is 0.685. The van der Waals surface area contributed by atoms with Crippen LogP contribution in [-0.4, -0.2) is 0 Å². The van der Waals surface area contributed by atoms with Gasteiger partial charge < -0.3 is 0 Å². The second kappa shape index (κ2) is 5.61. The van der Waals surface area contributed by atoms with Crippen molar-refractivity contribution < 1.29 is 0 Å². The Morgan fingerprint density at radius 3 is 2.17 bits per heavy atom. The van der Waals surface area contributed by atoms with Crippen molar-refractivity contribution in [3.05, 3.63) is 6.92 Å². The third kappa shape index (κ3) is 8.10. The second-order valence-corrected chi connectivity index (χ2v) is 5.08. The highest BCUT2D eigenvalue weighted by Gasteiger charge is 2.09. The van der Waals surface area contributed by atoms with E-state index in [9.17, 15) is 0 Å². The van der Waals surface area contributed by atoms with Crippen LogP contribution < -0.4 is 0 Å². The predicted molar refractivity (Wildman–Crippen MR) is 57.1 cm³/mol. The van der Waals surface area contributed by atoms with Crippen LogP contribution in [0.15, 0.2) is 0 Å². The van der Waals surface area contributed by atoms with Gasteiger partial charge in [-0.05, 0) is 17.8 Å². The van der Waals surface area contributed by atoms with E-state index in [-0.39, 0.29) is 0 Å². The lowest BCUT2D eigenvalue weighted by Gasteiger charge is -2.18. The molecule has 0 saturated heterocycles. The highest BCUT2D eigenvalue weighted by atomic mass is 14.1. The molecule has 12 heavy (non-hydrogen) atoms.